The first-order valence-electron chi connectivity index (χ1n) is 29.2. The second-order valence-corrected chi connectivity index (χ2v) is 20.7. The lowest BCUT2D eigenvalue weighted by Crippen LogP contribution is -2.55. The Bertz CT molecular complexity index is 4060. The minimum Gasteiger partial charge on any atom is -0.458 e. The number of aromatic nitrogens is 4. The fourth-order valence-electron chi connectivity index (χ4n) is 14.0. The summed E-state index contributed by atoms with van der Waals surface area (Å²) in [6.45, 7) is 0. The summed E-state index contributed by atoms with van der Waals surface area (Å²) in [6.07, 6.45) is 16.2. The largest absolute Gasteiger partial charge is 0.458 e. The number of nitrogens with zero attached hydrogens (tertiary/aromatic N) is 4. The van der Waals surface area contributed by atoms with E-state index in [1.807, 2.05) is 77.5 Å². The molecule has 6 bridgehead atoms. The van der Waals surface area contributed by atoms with Crippen molar-refractivity contribution in [2.45, 2.75) is 68.6 Å². The van der Waals surface area contributed by atoms with Crippen LogP contribution in [-0.2, 0) is 10.8 Å². The number of hydrogen-bond acceptors (Lipinski definition) is 2. The van der Waals surface area contributed by atoms with Crippen molar-refractivity contribution in [2.75, 3.05) is 0 Å². The molecule has 7 aliphatic rings. The van der Waals surface area contributed by atoms with Crippen LogP contribution in [0.25, 0.3) is 72.3 Å². The van der Waals surface area contributed by atoms with Crippen molar-refractivity contribution in [3.8, 4) is 50.9 Å². The van der Waals surface area contributed by atoms with E-state index >= 15 is 0 Å². The first-order valence-corrected chi connectivity index (χ1v) is 24.2. The van der Waals surface area contributed by atoms with Crippen LogP contribution < -0.4 is 9.30 Å². The molecule has 7 aliphatic carbocycles. The summed E-state index contributed by atoms with van der Waals surface area (Å²) in [7, 11) is 0. The van der Waals surface area contributed by atoms with Crippen molar-refractivity contribution in [1.82, 2.24) is 14.1 Å². The van der Waals surface area contributed by atoms with Crippen molar-refractivity contribution >= 4 is 32.8 Å². The molecule has 68 heavy (non-hydrogen) atoms. The van der Waals surface area contributed by atoms with Crippen LogP contribution in [-0.4, -0.2) is 14.1 Å². The van der Waals surface area contributed by atoms with Gasteiger partial charge < -0.3 is 4.74 Å². The van der Waals surface area contributed by atoms with Crippen LogP contribution in [0.4, 0.5) is 0 Å². The van der Waals surface area contributed by atoms with Gasteiger partial charge in [-0.25, -0.2) is 4.98 Å². The fourth-order valence-corrected chi connectivity index (χ4v) is 14.0. The zero-order valence-electron chi connectivity index (χ0n) is 47.4. The number of hydrogen-bond donors (Lipinski definition) is 0. The summed E-state index contributed by atoms with van der Waals surface area (Å²) >= 11 is 0. The Labute approximate surface area is 411 Å². The molecule has 3 heterocycles. The Morgan fingerprint density at radius 1 is 0.559 bits per heavy atom. The van der Waals surface area contributed by atoms with Crippen molar-refractivity contribution < 1.29 is 23.0 Å². The first kappa shape index (κ1) is 30.2. The number of fused-ring (bicyclic) bond motifs is 4. The number of imidazole rings is 1. The summed E-state index contributed by atoms with van der Waals surface area (Å²) in [4.78, 5) is 5.05. The van der Waals surface area contributed by atoms with Gasteiger partial charge in [0.05, 0.1) is 47.1 Å². The predicted octanol–water partition coefficient (Wildman–Crippen LogP) is 14.8. The van der Waals surface area contributed by atoms with Gasteiger partial charge in [-0.3, -0.25) is 13.7 Å². The molecule has 330 valence electrons. The Morgan fingerprint density at radius 2 is 1.18 bits per heavy atom. The maximum Gasteiger partial charge on any atom is 0.269 e. The summed E-state index contributed by atoms with van der Waals surface area (Å²) in [5.74, 6) is 5.10. The van der Waals surface area contributed by atoms with E-state index in [0.717, 1.165) is 70.2 Å². The van der Waals surface area contributed by atoms with Crippen LogP contribution >= 0.6 is 0 Å². The van der Waals surface area contributed by atoms with Crippen LogP contribution in [0.5, 0.6) is 11.5 Å². The van der Waals surface area contributed by atoms with Gasteiger partial charge in [0.2, 0.25) is 0 Å². The molecule has 0 aliphatic heterocycles. The zero-order valence-corrected chi connectivity index (χ0v) is 37.4. The zero-order chi connectivity index (χ0) is 53.3. The number of rotatable bonds is 9. The van der Waals surface area contributed by atoms with Gasteiger partial charge in [-0.1, -0.05) is 121 Å². The minimum atomic E-state index is -0.536. The van der Waals surface area contributed by atoms with Gasteiger partial charge in [0, 0.05) is 23.0 Å². The van der Waals surface area contributed by atoms with Crippen LogP contribution in [0.2, 0.25) is 0 Å². The molecule has 7 aromatic carbocycles. The van der Waals surface area contributed by atoms with E-state index in [-0.39, 0.29) is 38.8 Å². The second kappa shape index (κ2) is 14.6. The van der Waals surface area contributed by atoms with Crippen LogP contribution in [0.3, 0.4) is 0 Å². The third kappa shape index (κ3) is 5.93. The van der Waals surface area contributed by atoms with E-state index in [9.17, 15) is 5.48 Å². The van der Waals surface area contributed by atoms with Crippen molar-refractivity contribution in [2.24, 2.45) is 23.7 Å². The van der Waals surface area contributed by atoms with E-state index in [0.29, 0.717) is 34.1 Å². The molecular weight excluding hydrogens is 829 g/mol. The summed E-state index contributed by atoms with van der Waals surface area (Å²) in [5, 5.41) is 2.22. The van der Waals surface area contributed by atoms with Gasteiger partial charge in [-0.05, 0) is 174 Å². The number of benzene rings is 7. The van der Waals surface area contributed by atoms with Gasteiger partial charge >= 0.3 is 0 Å². The molecule has 0 saturated heterocycles. The number of pyridine rings is 1. The van der Waals surface area contributed by atoms with Crippen molar-refractivity contribution in [3.05, 3.63) is 199 Å². The van der Waals surface area contributed by atoms with Gasteiger partial charge in [0.15, 0.2) is 0 Å². The topological polar surface area (TPSA) is 35.9 Å². The van der Waals surface area contributed by atoms with E-state index in [1.54, 1.807) is 4.57 Å². The number of ether oxygens (including phenoxy) is 1. The molecule has 0 amide bonds. The lowest BCUT2D eigenvalue weighted by Gasteiger charge is -2.62. The van der Waals surface area contributed by atoms with Gasteiger partial charge in [-0.15, -0.1) is 0 Å². The van der Waals surface area contributed by atoms with Gasteiger partial charge in [0.25, 0.3) is 6.33 Å². The molecular formula is C63H52N4O. The average Bonchev–Trinajstić information content (AvgIpc) is 3.43. The SMILES string of the molecule is [2H]c1c([2H])c([2H])c(-c2cc(C34CC(C3)C4)cc(-c3c([2H])c([2H])c([2H])c([2H])c3[2H])c2-[n+]2[c-]n(-c3cccc(Oc4ccc5c6ccccc6n(-c6cc(C78CC9CC(CC(C9)C7)C8)ccn6)c5c4)c3)c3ccccc32)c([2H])c1[2H]. The molecule has 3 aromatic heterocycles. The third-order valence-electron chi connectivity index (χ3n) is 16.7. The van der Waals surface area contributed by atoms with Crippen LogP contribution in [0.15, 0.2) is 182 Å². The van der Waals surface area contributed by atoms with E-state index in [4.69, 9.17) is 17.9 Å². The maximum atomic E-state index is 9.33. The fraction of sp³-hybridized carbons (Fsp3) is 0.238. The molecule has 5 heteroatoms. The van der Waals surface area contributed by atoms with Gasteiger partial charge in [0.1, 0.15) is 17.3 Å². The highest BCUT2D eigenvalue weighted by Gasteiger charge is 2.57. The van der Waals surface area contributed by atoms with Gasteiger partial charge in [-0.2, -0.15) is 0 Å². The van der Waals surface area contributed by atoms with Crippen LogP contribution in [0, 0.1) is 30.0 Å². The molecule has 5 nitrogen and oxygen atoms in total. The summed E-state index contributed by atoms with van der Waals surface area (Å²) in [6, 6.07) is 33.5. The Balaban J connectivity index is 0.879. The third-order valence-corrected chi connectivity index (χ3v) is 16.7. The smallest absolute Gasteiger partial charge is 0.269 e. The minimum absolute atomic E-state index is 0.0618. The predicted molar refractivity (Wildman–Crippen MR) is 272 cm³/mol. The molecule has 17 rings (SSSR count). The normalized spacial score (nSPS) is 26.4. The van der Waals surface area contributed by atoms with E-state index < -0.39 is 60.4 Å². The second-order valence-electron chi connectivity index (χ2n) is 20.7. The highest BCUT2D eigenvalue weighted by Crippen LogP contribution is 2.66. The average molecular weight is 891 g/mol. The molecule has 7 fully saturated rings. The summed E-state index contributed by atoms with van der Waals surface area (Å²) < 4.78 is 102. The first-order chi connectivity index (χ1) is 37.7. The van der Waals surface area contributed by atoms with Crippen molar-refractivity contribution in [1.29, 1.82) is 0 Å². The molecule has 0 radical (unpaired) electrons. The van der Waals surface area contributed by atoms with Crippen LogP contribution in [0.1, 0.15) is 82.6 Å². The lowest BCUT2D eigenvalue weighted by atomic mass is 9.42. The highest BCUT2D eigenvalue weighted by atomic mass is 16.5. The highest BCUT2D eigenvalue weighted by molar-refractivity contribution is 6.09. The Hall–Kier alpha value is -7.24. The molecule has 0 spiro atoms. The molecule has 7 saturated carbocycles. The molecule has 10 aromatic rings. The molecule has 0 atom stereocenters. The monoisotopic (exact) mass is 890 g/mol. The maximum absolute atomic E-state index is 9.33. The van der Waals surface area contributed by atoms with Crippen molar-refractivity contribution in [3.63, 3.8) is 0 Å². The Morgan fingerprint density at radius 3 is 1.87 bits per heavy atom. The summed E-state index contributed by atoms with van der Waals surface area (Å²) in [5.41, 5.74) is 6.87. The van der Waals surface area contributed by atoms with E-state index in [1.165, 1.54) is 44.1 Å². The Kier molecular flexibility index (Phi) is 6.50. The van der Waals surface area contributed by atoms with E-state index in [2.05, 4.69) is 59.4 Å². The number of para-hydroxylation sites is 3. The standard InChI is InChI=1S/C63H52N4O/c1-3-12-45(13-4-1)54-29-48(63-37-44(38-63)39-63)30-55(46-14-5-2-6-15-46)61(54)66-40-65(57-20-9-10-21-58(57)66)49-16-11-17-50(32-49)68-51-22-23-53-52-18-7-8-19-56(52)67(59(53)33-51)60-31-47(24-25-64-60)62-34-41-26-42(35-62)28-43(27-41)36-62/h1-25,29-33,41-44H,26-28,34-39H2/i1D,2D,3D,4D,5D,6D,12D,13D,14D,15D. The lowest BCUT2D eigenvalue weighted by molar-refractivity contribution is -0.571. The molecule has 0 unspecified atom stereocenters. The molecule has 0 N–H and O–H groups in total. The quantitative estimate of drug-likeness (QED) is 0.107.